The number of nitriles is 1. The minimum absolute atomic E-state index is 0.0556. The predicted octanol–water partition coefficient (Wildman–Crippen LogP) is 3.11. The Morgan fingerprint density at radius 1 is 1.23 bits per heavy atom. The van der Waals surface area contributed by atoms with E-state index in [1.165, 1.54) is 0 Å². The van der Waals surface area contributed by atoms with Crippen molar-refractivity contribution in [2.75, 3.05) is 19.8 Å². The molecule has 0 aromatic rings. The molecule has 0 rings (SSSR count). The van der Waals surface area contributed by atoms with Crippen LogP contribution in [0.2, 0.25) is 0 Å². The van der Waals surface area contributed by atoms with Gasteiger partial charge in [0.1, 0.15) is 25.3 Å². The van der Waals surface area contributed by atoms with Gasteiger partial charge in [0.15, 0.2) is 0 Å². The smallest absolute Gasteiger partial charge is 0.333 e. The lowest BCUT2D eigenvalue weighted by atomic mass is 10.3. The number of nitrogens with zero attached hydrogens (tertiary/aromatic N) is 2. The maximum absolute atomic E-state index is 11.3. The molecule has 0 aromatic heterocycles. The second kappa shape index (κ2) is 10.7. The lowest BCUT2D eigenvalue weighted by molar-refractivity contribution is -1.04. The SMILES string of the molecule is C=C(C)C(=O)OCCOP[N+](OCCC#N)(C(C)C)C(C)C. The van der Waals surface area contributed by atoms with Gasteiger partial charge in [-0.25, -0.2) is 4.79 Å². The second-order valence-corrected chi connectivity index (χ2v) is 6.66. The summed E-state index contributed by atoms with van der Waals surface area (Å²) in [6.07, 6.45) is 0.347. The van der Waals surface area contributed by atoms with Gasteiger partial charge in [-0.15, -0.1) is 4.42 Å². The molecule has 0 spiro atoms. The zero-order valence-electron chi connectivity index (χ0n) is 14.2. The van der Waals surface area contributed by atoms with E-state index in [4.69, 9.17) is 19.4 Å². The topological polar surface area (TPSA) is 68.6 Å². The van der Waals surface area contributed by atoms with E-state index in [9.17, 15) is 4.79 Å². The molecular weight excluding hydrogens is 303 g/mol. The molecular formula is C15H28N2O4P+. The number of quaternary nitrogens is 1. The van der Waals surface area contributed by atoms with Crippen LogP contribution in [0, 0.1) is 11.3 Å². The molecule has 7 heteroatoms. The fourth-order valence-corrected chi connectivity index (χ4v) is 2.76. The van der Waals surface area contributed by atoms with Crippen LogP contribution in [0.5, 0.6) is 0 Å². The van der Waals surface area contributed by atoms with Crippen molar-refractivity contribution in [2.45, 2.75) is 53.1 Å². The molecule has 1 atom stereocenters. The van der Waals surface area contributed by atoms with Gasteiger partial charge in [-0.1, -0.05) is 6.58 Å². The molecule has 0 amide bonds. The normalized spacial score (nSPS) is 12.1. The van der Waals surface area contributed by atoms with E-state index in [1.807, 2.05) is 0 Å². The van der Waals surface area contributed by atoms with Crippen LogP contribution < -0.4 is 0 Å². The van der Waals surface area contributed by atoms with Gasteiger partial charge < -0.3 is 9.26 Å². The lowest BCUT2D eigenvalue weighted by Gasteiger charge is -2.40. The quantitative estimate of drug-likeness (QED) is 0.191. The molecule has 0 heterocycles. The summed E-state index contributed by atoms with van der Waals surface area (Å²) < 4.78 is 11.0. The monoisotopic (exact) mass is 331 g/mol. The van der Waals surface area contributed by atoms with E-state index in [0.29, 0.717) is 29.6 Å². The maximum atomic E-state index is 11.3. The number of carbonyl (C=O) groups is 1. The van der Waals surface area contributed by atoms with Gasteiger partial charge in [0, 0.05) is 5.57 Å². The first-order chi connectivity index (χ1) is 10.3. The van der Waals surface area contributed by atoms with Crippen molar-refractivity contribution in [1.82, 2.24) is 0 Å². The van der Waals surface area contributed by atoms with Crippen molar-refractivity contribution in [3.05, 3.63) is 12.2 Å². The van der Waals surface area contributed by atoms with Crippen molar-refractivity contribution in [3.8, 4) is 6.07 Å². The van der Waals surface area contributed by atoms with Crippen molar-refractivity contribution in [2.24, 2.45) is 0 Å². The molecule has 0 N–H and O–H groups in total. The van der Waals surface area contributed by atoms with E-state index in [1.54, 1.807) is 6.92 Å². The summed E-state index contributed by atoms with van der Waals surface area (Å²) in [5.41, 5.74) is 0.372. The zero-order valence-corrected chi connectivity index (χ0v) is 15.2. The third-order valence-electron chi connectivity index (χ3n) is 3.03. The van der Waals surface area contributed by atoms with Gasteiger partial charge in [-0.2, -0.15) is 10.1 Å². The van der Waals surface area contributed by atoms with Gasteiger partial charge in [-0.3, -0.25) is 0 Å². The number of rotatable bonds is 11. The molecule has 0 aliphatic rings. The summed E-state index contributed by atoms with van der Waals surface area (Å²) in [4.78, 5) is 17.2. The van der Waals surface area contributed by atoms with Crippen LogP contribution in [0.25, 0.3) is 0 Å². The summed E-state index contributed by atoms with van der Waals surface area (Å²) in [5, 5.41) is 8.66. The number of carbonyl (C=O) groups excluding carboxylic acids is 1. The number of ether oxygens (including phenoxy) is 1. The molecule has 0 saturated carbocycles. The summed E-state index contributed by atoms with van der Waals surface area (Å²) >= 11 is 0. The number of hydroxylamine groups is 2. The van der Waals surface area contributed by atoms with E-state index in [0.717, 1.165) is 0 Å². The van der Waals surface area contributed by atoms with E-state index >= 15 is 0 Å². The Bertz CT molecular complexity index is 397. The number of hydrogen-bond donors (Lipinski definition) is 0. The van der Waals surface area contributed by atoms with Crippen LogP contribution in [0.3, 0.4) is 0 Å². The van der Waals surface area contributed by atoms with Gasteiger partial charge in [0.05, 0.1) is 19.1 Å². The van der Waals surface area contributed by atoms with Crippen molar-refractivity contribution >= 4 is 14.9 Å². The molecule has 1 unspecified atom stereocenters. The highest BCUT2D eigenvalue weighted by molar-refractivity contribution is 7.25. The standard InChI is InChI=1S/C15H28N2O4P/c1-12(2)15(18)19-10-11-21-22-17(13(3)4,14(5)6)20-9-7-8-16/h13-14,22H,1,7,9-11H2,2-6H3/q+1. The molecule has 0 fully saturated rings. The molecule has 0 bridgehead atoms. The molecule has 0 aliphatic carbocycles. The van der Waals surface area contributed by atoms with Crippen LogP contribution in [-0.2, 0) is 18.9 Å². The summed E-state index contributed by atoms with van der Waals surface area (Å²) in [6.45, 7) is 14.2. The average molecular weight is 331 g/mol. The first-order valence-electron chi connectivity index (χ1n) is 7.39. The molecule has 0 saturated heterocycles. The Balaban J connectivity index is 4.43. The Morgan fingerprint density at radius 3 is 2.27 bits per heavy atom. The minimum Gasteiger partial charge on any atom is -0.460 e. The lowest BCUT2D eigenvalue weighted by Crippen LogP contribution is -2.51. The van der Waals surface area contributed by atoms with E-state index in [-0.39, 0.29) is 27.6 Å². The van der Waals surface area contributed by atoms with Crippen molar-refractivity contribution < 1.29 is 23.3 Å². The van der Waals surface area contributed by atoms with Crippen LogP contribution >= 0.6 is 8.96 Å². The molecule has 126 valence electrons. The molecule has 0 radical (unpaired) electrons. The second-order valence-electron chi connectivity index (χ2n) is 5.49. The molecule has 22 heavy (non-hydrogen) atoms. The van der Waals surface area contributed by atoms with Crippen LogP contribution in [0.1, 0.15) is 41.0 Å². The summed E-state index contributed by atoms with van der Waals surface area (Å²) in [6, 6.07) is 2.46. The van der Waals surface area contributed by atoms with Gasteiger partial charge >= 0.3 is 5.97 Å². The Morgan fingerprint density at radius 2 is 1.82 bits per heavy atom. The van der Waals surface area contributed by atoms with Crippen LogP contribution in [-0.4, -0.2) is 42.3 Å². The predicted molar refractivity (Wildman–Crippen MR) is 86.8 cm³/mol. The highest BCUT2D eigenvalue weighted by atomic mass is 31.1. The first-order valence-corrected chi connectivity index (χ1v) is 8.25. The third-order valence-corrected chi connectivity index (χ3v) is 4.81. The van der Waals surface area contributed by atoms with Crippen LogP contribution in [0.15, 0.2) is 12.2 Å². The number of esters is 1. The van der Waals surface area contributed by atoms with E-state index in [2.05, 4.69) is 40.3 Å². The largest absolute Gasteiger partial charge is 0.460 e. The maximum Gasteiger partial charge on any atom is 0.333 e. The summed E-state index contributed by atoms with van der Waals surface area (Å²) in [5.74, 6) is -0.411. The Hall–Kier alpha value is -0.990. The zero-order chi connectivity index (χ0) is 17.2. The first kappa shape index (κ1) is 21.0. The molecule has 0 aliphatic heterocycles. The average Bonchev–Trinajstić information content (AvgIpc) is 2.44. The fraction of sp³-hybridized carbons (Fsp3) is 0.733. The number of hydrogen-bond acceptors (Lipinski definition) is 5. The fourth-order valence-electron chi connectivity index (χ4n) is 1.82. The molecule has 0 aromatic carbocycles. The van der Waals surface area contributed by atoms with Crippen LogP contribution in [0.4, 0.5) is 0 Å². The van der Waals surface area contributed by atoms with Gasteiger partial charge in [0.25, 0.3) is 8.96 Å². The summed E-state index contributed by atoms with van der Waals surface area (Å²) in [7, 11) is 0.0556. The highest BCUT2D eigenvalue weighted by Gasteiger charge is 2.39. The van der Waals surface area contributed by atoms with Gasteiger partial charge in [0.2, 0.25) is 0 Å². The highest BCUT2D eigenvalue weighted by Crippen LogP contribution is 2.38. The third kappa shape index (κ3) is 6.85. The Labute approximate surface area is 135 Å². The molecule has 6 nitrogen and oxygen atoms in total. The van der Waals surface area contributed by atoms with Crippen molar-refractivity contribution in [1.29, 1.82) is 5.26 Å². The Kier molecular flexibility index (Phi) is 10.2. The van der Waals surface area contributed by atoms with Gasteiger partial charge in [-0.05, 0) is 34.6 Å². The van der Waals surface area contributed by atoms with Crippen molar-refractivity contribution in [3.63, 3.8) is 0 Å². The van der Waals surface area contributed by atoms with E-state index < -0.39 is 5.97 Å². The minimum atomic E-state index is -0.411.